The van der Waals surface area contributed by atoms with Crippen LogP contribution in [0.4, 0.5) is 5.69 Å². The third kappa shape index (κ3) is 2.69. The van der Waals surface area contributed by atoms with Crippen LogP contribution < -0.4 is 10.1 Å². The molecule has 0 bridgehead atoms. The number of benzene rings is 2. The SMILES string of the molecule is COC(=O)c1n[nH]c2ccc(NC(=O)[C@H]3Cc4ccccc4O3)cc12. The monoisotopic (exact) mass is 337 g/mol. The number of nitrogens with zero attached hydrogens (tertiary/aromatic N) is 1. The highest BCUT2D eigenvalue weighted by Gasteiger charge is 2.29. The molecular formula is C18H15N3O4. The standard InChI is InChI=1S/C18H15N3O4/c1-24-18(23)16-12-9-11(6-7-13(12)20-21-16)19-17(22)15-8-10-4-2-3-5-14(10)25-15/h2-7,9,15H,8H2,1H3,(H,19,22)(H,20,21)/t15-/m1/s1. The molecule has 0 aliphatic carbocycles. The van der Waals surface area contributed by atoms with Gasteiger partial charge in [0.1, 0.15) is 5.75 Å². The average Bonchev–Trinajstić information content (AvgIpc) is 3.24. The topological polar surface area (TPSA) is 93.3 Å². The van der Waals surface area contributed by atoms with Crippen molar-refractivity contribution in [3.05, 3.63) is 53.7 Å². The number of nitrogens with one attached hydrogen (secondary N) is 2. The van der Waals surface area contributed by atoms with Crippen molar-refractivity contribution in [3.8, 4) is 5.75 Å². The molecule has 7 heteroatoms. The van der Waals surface area contributed by atoms with Crippen molar-refractivity contribution < 1.29 is 19.1 Å². The fraction of sp³-hybridized carbons (Fsp3) is 0.167. The van der Waals surface area contributed by atoms with E-state index in [-0.39, 0.29) is 11.6 Å². The summed E-state index contributed by atoms with van der Waals surface area (Å²) >= 11 is 0. The van der Waals surface area contributed by atoms with Crippen LogP contribution in [0.25, 0.3) is 10.9 Å². The number of hydrogen-bond donors (Lipinski definition) is 2. The van der Waals surface area contributed by atoms with E-state index in [2.05, 4.69) is 15.5 Å². The number of anilines is 1. The predicted molar refractivity (Wildman–Crippen MR) is 90.6 cm³/mol. The number of hydrogen-bond acceptors (Lipinski definition) is 5. The van der Waals surface area contributed by atoms with Crippen LogP contribution in [0.1, 0.15) is 16.1 Å². The summed E-state index contributed by atoms with van der Waals surface area (Å²) < 4.78 is 10.4. The summed E-state index contributed by atoms with van der Waals surface area (Å²) in [5.74, 6) is -0.0381. The van der Waals surface area contributed by atoms with Gasteiger partial charge in [0.15, 0.2) is 11.8 Å². The second-order valence-corrected chi connectivity index (χ2v) is 5.73. The minimum Gasteiger partial charge on any atom is -0.480 e. The van der Waals surface area contributed by atoms with E-state index < -0.39 is 12.1 Å². The first kappa shape index (κ1) is 15.2. The average molecular weight is 337 g/mol. The van der Waals surface area contributed by atoms with Crippen molar-refractivity contribution in [3.63, 3.8) is 0 Å². The molecule has 2 heterocycles. The van der Waals surface area contributed by atoms with Crippen molar-refractivity contribution in [1.82, 2.24) is 10.2 Å². The van der Waals surface area contributed by atoms with Gasteiger partial charge in [-0.2, -0.15) is 5.10 Å². The van der Waals surface area contributed by atoms with E-state index in [0.29, 0.717) is 23.0 Å². The van der Waals surface area contributed by atoms with Crippen molar-refractivity contribution in [2.45, 2.75) is 12.5 Å². The van der Waals surface area contributed by atoms with Crippen molar-refractivity contribution in [1.29, 1.82) is 0 Å². The summed E-state index contributed by atoms with van der Waals surface area (Å²) in [5.41, 5.74) is 2.44. The van der Waals surface area contributed by atoms with Crippen molar-refractivity contribution in [2.75, 3.05) is 12.4 Å². The molecule has 2 N–H and O–H groups in total. The molecule has 1 aliphatic heterocycles. The summed E-state index contributed by atoms with van der Waals surface area (Å²) in [4.78, 5) is 24.2. The lowest BCUT2D eigenvalue weighted by Gasteiger charge is -2.11. The van der Waals surface area contributed by atoms with Crippen LogP contribution in [0, 0.1) is 0 Å². The van der Waals surface area contributed by atoms with Crippen molar-refractivity contribution in [2.24, 2.45) is 0 Å². The van der Waals surface area contributed by atoms with Crippen molar-refractivity contribution >= 4 is 28.5 Å². The molecule has 0 radical (unpaired) electrons. The number of amides is 1. The van der Waals surface area contributed by atoms with Crippen LogP contribution in [-0.2, 0) is 16.0 Å². The molecule has 4 rings (SSSR count). The second-order valence-electron chi connectivity index (χ2n) is 5.73. The summed E-state index contributed by atoms with van der Waals surface area (Å²) in [6, 6.07) is 12.8. The smallest absolute Gasteiger partial charge is 0.359 e. The molecule has 0 unspecified atom stereocenters. The molecule has 0 fully saturated rings. The number of H-pyrrole nitrogens is 1. The first-order valence-corrected chi connectivity index (χ1v) is 7.77. The lowest BCUT2D eigenvalue weighted by molar-refractivity contribution is -0.122. The Labute approximate surface area is 142 Å². The molecule has 0 saturated carbocycles. The maximum Gasteiger partial charge on any atom is 0.359 e. The molecule has 0 saturated heterocycles. The zero-order valence-electron chi connectivity index (χ0n) is 13.4. The van der Waals surface area contributed by atoms with E-state index in [1.165, 1.54) is 7.11 Å². The minimum atomic E-state index is -0.572. The number of methoxy groups -OCH3 is 1. The van der Waals surface area contributed by atoms with E-state index in [9.17, 15) is 9.59 Å². The quantitative estimate of drug-likeness (QED) is 0.715. The van der Waals surface area contributed by atoms with Gasteiger partial charge in [-0.25, -0.2) is 4.79 Å². The first-order chi connectivity index (χ1) is 12.2. The molecule has 1 aliphatic rings. The Balaban J connectivity index is 1.55. The van der Waals surface area contributed by atoms with E-state index in [4.69, 9.17) is 9.47 Å². The van der Waals surface area contributed by atoms with E-state index in [0.717, 1.165) is 11.3 Å². The van der Waals surface area contributed by atoms with Crippen LogP contribution in [0.15, 0.2) is 42.5 Å². The number of aromatic nitrogens is 2. The van der Waals surface area contributed by atoms with E-state index in [1.807, 2.05) is 24.3 Å². The number of ether oxygens (including phenoxy) is 2. The van der Waals surface area contributed by atoms with E-state index >= 15 is 0 Å². The molecule has 1 amide bonds. The van der Waals surface area contributed by atoms with Crippen LogP contribution in [0.3, 0.4) is 0 Å². The lowest BCUT2D eigenvalue weighted by atomic mass is 10.1. The van der Waals surface area contributed by atoms with Crippen LogP contribution in [0.2, 0.25) is 0 Å². The minimum absolute atomic E-state index is 0.179. The third-order valence-electron chi connectivity index (χ3n) is 4.15. The molecule has 1 atom stereocenters. The molecule has 1 aromatic heterocycles. The predicted octanol–water partition coefficient (Wildman–Crippen LogP) is 2.29. The van der Waals surface area contributed by atoms with Gasteiger partial charge < -0.3 is 14.8 Å². The Hall–Kier alpha value is -3.35. The largest absolute Gasteiger partial charge is 0.480 e. The highest BCUT2D eigenvalue weighted by molar-refractivity contribution is 6.04. The Morgan fingerprint density at radius 3 is 2.92 bits per heavy atom. The molecule has 7 nitrogen and oxygen atoms in total. The third-order valence-corrected chi connectivity index (χ3v) is 4.15. The Morgan fingerprint density at radius 1 is 1.28 bits per heavy atom. The summed E-state index contributed by atoms with van der Waals surface area (Å²) in [5, 5.41) is 10.1. The van der Waals surface area contributed by atoms with Gasteiger partial charge in [0, 0.05) is 17.5 Å². The second kappa shape index (κ2) is 5.94. The first-order valence-electron chi connectivity index (χ1n) is 7.77. The van der Waals surface area contributed by atoms with Gasteiger partial charge >= 0.3 is 5.97 Å². The number of carbonyl (C=O) groups is 2. The highest BCUT2D eigenvalue weighted by Crippen LogP contribution is 2.29. The normalized spacial score (nSPS) is 15.5. The number of fused-ring (bicyclic) bond motifs is 2. The zero-order chi connectivity index (χ0) is 17.4. The van der Waals surface area contributed by atoms with Crippen LogP contribution in [0.5, 0.6) is 5.75 Å². The van der Waals surface area contributed by atoms with Gasteiger partial charge in [0.2, 0.25) is 0 Å². The number of aromatic amines is 1. The molecule has 2 aromatic carbocycles. The summed E-state index contributed by atoms with van der Waals surface area (Å²) in [6.07, 6.45) is -0.0406. The van der Waals surface area contributed by atoms with Gasteiger partial charge in [-0.15, -0.1) is 0 Å². The maximum absolute atomic E-state index is 12.5. The molecule has 25 heavy (non-hydrogen) atoms. The fourth-order valence-corrected chi connectivity index (χ4v) is 2.90. The highest BCUT2D eigenvalue weighted by atomic mass is 16.5. The molecule has 3 aromatic rings. The molecular weight excluding hydrogens is 322 g/mol. The Bertz CT molecular complexity index is 954. The summed E-state index contributed by atoms with van der Waals surface area (Å²) in [6.45, 7) is 0. The summed E-state index contributed by atoms with van der Waals surface area (Å²) in [7, 11) is 1.30. The number of carbonyl (C=O) groups excluding carboxylic acids is 2. The number of para-hydroxylation sites is 1. The fourth-order valence-electron chi connectivity index (χ4n) is 2.90. The van der Waals surface area contributed by atoms with Gasteiger partial charge in [0.05, 0.1) is 12.6 Å². The Morgan fingerprint density at radius 2 is 2.12 bits per heavy atom. The number of rotatable bonds is 3. The van der Waals surface area contributed by atoms with E-state index in [1.54, 1.807) is 18.2 Å². The maximum atomic E-state index is 12.5. The number of esters is 1. The van der Waals surface area contributed by atoms with Gasteiger partial charge in [-0.05, 0) is 29.8 Å². The van der Waals surface area contributed by atoms with Gasteiger partial charge in [-0.1, -0.05) is 18.2 Å². The van der Waals surface area contributed by atoms with Crippen LogP contribution in [-0.4, -0.2) is 35.3 Å². The van der Waals surface area contributed by atoms with Gasteiger partial charge in [-0.3, -0.25) is 9.89 Å². The zero-order valence-corrected chi connectivity index (χ0v) is 13.4. The van der Waals surface area contributed by atoms with Crippen LogP contribution >= 0.6 is 0 Å². The molecule has 126 valence electrons. The lowest BCUT2D eigenvalue weighted by Crippen LogP contribution is -2.31. The van der Waals surface area contributed by atoms with Gasteiger partial charge in [0.25, 0.3) is 5.91 Å². The Kier molecular flexibility index (Phi) is 3.61. The molecule has 0 spiro atoms.